The molecule has 5 heterocycles. The summed E-state index contributed by atoms with van der Waals surface area (Å²) in [6.45, 7) is 10.3. The lowest BCUT2D eigenvalue weighted by molar-refractivity contribution is -0.347. The predicted molar refractivity (Wildman–Crippen MR) is 175 cm³/mol. The topological polar surface area (TPSA) is 195 Å². The molecule has 19 atom stereocenters. The number of aliphatic hydroxyl groups is 2. The van der Waals surface area contributed by atoms with Crippen molar-refractivity contribution in [2.75, 3.05) is 21.3 Å². The van der Waals surface area contributed by atoms with Gasteiger partial charge >= 0.3 is 11.9 Å². The van der Waals surface area contributed by atoms with Crippen LogP contribution in [0.25, 0.3) is 0 Å². The summed E-state index contributed by atoms with van der Waals surface area (Å²) in [5, 5.41) is 22.3. The molecule has 0 saturated carbocycles. The number of hydrogen-bond donors (Lipinski definition) is 2. The molecule has 5 aliphatic rings. The predicted octanol–water partition coefficient (Wildman–Crippen LogP) is 1.10. The van der Waals surface area contributed by atoms with Crippen LogP contribution in [-0.2, 0) is 71.2 Å². The van der Waals surface area contributed by atoms with Gasteiger partial charge in [0.25, 0.3) is 0 Å². The fourth-order valence-corrected chi connectivity index (χ4v) is 7.83. The van der Waals surface area contributed by atoms with Crippen molar-refractivity contribution in [2.24, 2.45) is 0 Å². The molecule has 0 amide bonds. The average molecular weight is 751 g/mol. The quantitative estimate of drug-likeness (QED) is 0.269. The van der Waals surface area contributed by atoms with E-state index in [2.05, 4.69) is 0 Å². The second-order valence-corrected chi connectivity index (χ2v) is 14.4. The SMILES string of the molecule is CO[C@H]1C[C@H](O[C@H]2[C@@H](OC)C[C@H](O[C@H]3[C@H](O)C[C@H](O[C@H]4[C@@H](O)C[C@H](O[C@@H]5[C@@H](C)OC(=O)C[C@H]5OC)O[C@@H]4C)O[C@@H]3C)O[C@@H]2C)O[C@H](C)[C@H]1OC(C)=O. The van der Waals surface area contributed by atoms with E-state index in [1.807, 2.05) is 6.92 Å². The molecule has 300 valence electrons. The van der Waals surface area contributed by atoms with E-state index in [1.165, 1.54) is 14.0 Å². The lowest BCUT2D eigenvalue weighted by Gasteiger charge is -2.46. The van der Waals surface area contributed by atoms with Gasteiger partial charge in [-0.2, -0.15) is 0 Å². The fourth-order valence-electron chi connectivity index (χ4n) is 7.83. The van der Waals surface area contributed by atoms with Crippen molar-refractivity contribution < 1.29 is 81.4 Å². The Balaban J connectivity index is 1.10. The Morgan fingerprint density at radius 3 is 1.35 bits per heavy atom. The Morgan fingerprint density at radius 1 is 0.558 bits per heavy atom. The number of ether oxygens (including phenoxy) is 13. The molecule has 5 fully saturated rings. The van der Waals surface area contributed by atoms with Crippen LogP contribution in [0.2, 0.25) is 0 Å². The minimum atomic E-state index is -0.967. The van der Waals surface area contributed by atoms with Crippen molar-refractivity contribution in [1.82, 2.24) is 0 Å². The molecule has 2 N–H and O–H groups in total. The Labute approximate surface area is 305 Å². The van der Waals surface area contributed by atoms with Crippen molar-refractivity contribution in [3.8, 4) is 0 Å². The number of esters is 2. The Bertz CT molecular complexity index is 1140. The van der Waals surface area contributed by atoms with Crippen LogP contribution >= 0.6 is 0 Å². The third-order valence-electron chi connectivity index (χ3n) is 10.5. The molecular formula is C35H58O17. The van der Waals surface area contributed by atoms with Crippen LogP contribution in [0.3, 0.4) is 0 Å². The zero-order valence-electron chi connectivity index (χ0n) is 31.5. The molecule has 0 spiro atoms. The fraction of sp³-hybridized carbons (Fsp3) is 0.943. The van der Waals surface area contributed by atoms with Gasteiger partial charge in [0.1, 0.15) is 36.6 Å². The number of aliphatic hydroxyl groups excluding tert-OH is 2. The normalized spacial score (nSPS) is 47.4. The number of carbonyl (C=O) groups excluding carboxylic acids is 2. The molecule has 0 aliphatic carbocycles. The molecule has 5 rings (SSSR count). The van der Waals surface area contributed by atoms with E-state index in [1.54, 1.807) is 41.9 Å². The van der Waals surface area contributed by atoms with Gasteiger partial charge in [-0.15, -0.1) is 0 Å². The van der Waals surface area contributed by atoms with Gasteiger partial charge in [0.2, 0.25) is 0 Å². The molecule has 17 heteroatoms. The summed E-state index contributed by atoms with van der Waals surface area (Å²) in [6, 6.07) is 0. The Morgan fingerprint density at radius 2 is 0.923 bits per heavy atom. The van der Waals surface area contributed by atoms with Crippen LogP contribution in [0.4, 0.5) is 0 Å². The lowest BCUT2D eigenvalue weighted by atomic mass is 9.98. The smallest absolute Gasteiger partial charge is 0.308 e. The van der Waals surface area contributed by atoms with Gasteiger partial charge in [-0.1, -0.05) is 0 Å². The van der Waals surface area contributed by atoms with Crippen LogP contribution in [0, 0.1) is 0 Å². The first-order chi connectivity index (χ1) is 24.7. The number of hydrogen-bond acceptors (Lipinski definition) is 17. The largest absolute Gasteiger partial charge is 0.460 e. The zero-order valence-corrected chi connectivity index (χ0v) is 31.5. The molecule has 0 unspecified atom stereocenters. The van der Waals surface area contributed by atoms with Gasteiger partial charge in [-0.25, -0.2) is 0 Å². The van der Waals surface area contributed by atoms with E-state index in [4.69, 9.17) is 61.6 Å². The summed E-state index contributed by atoms with van der Waals surface area (Å²) in [5.41, 5.74) is 0. The van der Waals surface area contributed by atoms with Crippen molar-refractivity contribution in [3.63, 3.8) is 0 Å². The highest BCUT2D eigenvalue weighted by Gasteiger charge is 2.48. The maximum atomic E-state index is 11.8. The van der Waals surface area contributed by atoms with E-state index in [0.29, 0.717) is 12.8 Å². The van der Waals surface area contributed by atoms with Crippen LogP contribution in [0.1, 0.15) is 73.6 Å². The molecule has 0 aromatic heterocycles. The van der Waals surface area contributed by atoms with Gasteiger partial charge in [-0.05, 0) is 34.6 Å². The highest BCUT2D eigenvalue weighted by Crippen LogP contribution is 2.35. The van der Waals surface area contributed by atoms with Crippen molar-refractivity contribution in [1.29, 1.82) is 0 Å². The Kier molecular flexibility index (Phi) is 14.7. The Hall–Kier alpha value is -1.58. The van der Waals surface area contributed by atoms with E-state index in [-0.39, 0.29) is 25.2 Å². The first kappa shape index (κ1) is 41.6. The minimum absolute atomic E-state index is 0.0621. The number of methoxy groups -OCH3 is 3. The molecule has 0 aromatic rings. The average Bonchev–Trinajstić information content (AvgIpc) is 3.07. The number of carbonyl (C=O) groups is 2. The summed E-state index contributed by atoms with van der Waals surface area (Å²) in [5.74, 6) is -0.775. The molecule has 5 aliphatic heterocycles. The van der Waals surface area contributed by atoms with E-state index in [9.17, 15) is 19.8 Å². The van der Waals surface area contributed by atoms with E-state index >= 15 is 0 Å². The number of cyclic esters (lactones) is 1. The second-order valence-electron chi connectivity index (χ2n) is 14.4. The standard InChI is InChI=1S/C35H58O17/c1-15-31(22(38)11-28(45-15)51-34-17(3)43-26(39)12-23(34)40-7)49-27-10-21(37)32(16(2)44-27)50-29-14-25(42-9)35(19(5)47-29)52-30-13-24(41-8)33(18(4)46-30)48-20(6)36/h15-19,21-25,27-35,37-38H,10-14H2,1-9H3/t15-,16-,17-,18-,19-,21-,22+,23-,24+,25+,27+,28+,29+,30+,31-,32-,33-,34-,35-/m1/s1. The van der Waals surface area contributed by atoms with Gasteiger partial charge < -0.3 is 71.8 Å². The van der Waals surface area contributed by atoms with E-state index < -0.39 is 123 Å². The monoisotopic (exact) mass is 750 g/mol. The maximum Gasteiger partial charge on any atom is 0.308 e. The van der Waals surface area contributed by atoms with Crippen LogP contribution in [0.15, 0.2) is 0 Å². The first-order valence-electron chi connectivity index (χ1n) is 18.3. The molecule has 17 nitrogen and oxygen atoms in total. The van der Waals surface area contributed by atoms with Gasteiger partial charge in [0.15, 0.2) is 31.3 Å². The lowest BCUT2D eigenvalue weighted by Crippen LogP contribution is -2.58. The van der Waals surface area contributed by atoms with E-state index in [0.717, 1.165) is 0 Å². The third kappa shape index (κ3) is 9.99. The molecular weight excluding hydrogens is 692 g/mol. The molecule has 52 heavy (non-hydrogen) atoms. The molecule has 0 radical (unpaired) electrons. The maximum absolute atomic E-state index is 11.8. The highest BCUT2D eigenvalue weighted by atomic mass is 16.8. The van der Waals surface area contributed by atoms with Crippen LogP contribution in [0.5, 0.6) is 0 Å². The van der Waals surface area contributed by atoms with Crippen molar-refractivity contribution in [3.05, 3.63) is 0 Å². The minimum Gasteiger partial charge on any atom is -0.460 e. The van der Waals surface area contributed by atoms with Gasteiger partial charge in [0, 0.05) is 53.9 Å². The summed E-state index contributed by atoms with van der Waals surface area (Å²) in [7, 11) is 4.64. The molecule has 5 saturated heterocycles. The first-order valence-corrected chi connectivity index (χ1v) is 18.3. The summed E-state index contributed by atoms with van der Waals surface area (Å²) in [6.07, 6.45) is -11.1. The summed E-state index contributed by atoms with van der Waals surface area (Å²) >= 11 is 0. The van der Waals surface area contributed by atoms with Crippen LogP contribution in [-0.4, -0.2) is 160 Å². The molecule has 0 aromatic carbocycles. The van der Waals surface area contributed by atoms with Gasteiger partial charge in [-0.3, -0.25) is 9.59 Å². The van der Waals surface area contributed by atoms with Crippen molar-refractivity contribution >= 4 is 11.9 Å². The third-order valence-corrected chi connectivity index (χ3v) is 10.5. The summed E-state index contributed by atoms with van der Waals surface area (Å²) < 4.78 is 77.0. The zero-order chi connectivity index (χ0) is 37.9. The van der Waals surface area contributed by atoms with Gasteiger partial charge in [0.05, 0.1) is 55.3 Å². The highest BCUT2D eigenvalue weighted by molar-refractivity contribution is 5.71. The van der Waals surface area contributed by atoms with Crippen molar-refractivity contribution in [2.45, 2.75) is 190 Å². The second kappa shape index (κ2) is 18.4. The molecule has 0 bridgehead atoms. The summed E-state index contributed by atoms with van der Waals surface area (Å²) in [4.78, 5) is 23.4. The van der Waals surface area contributed by atoms with Crippen LogP contribution < -0.4 is 0 Å². The number of rotatable bonds is 12.